The maximum Gasteiger partial charge on any atom is 0.111 e. The predicted molar refractivity (Wildman–Crippen MR) is 72.1 cm³/mol. The highest BCUT2D eigenvalue weighted by molar-refractivity contribution is 5.69. The van der Waals surface area contributed by atoms with Gasteiger partial charge in [-0.05, 0) is 24.3 Å². The Morgan fingerprint density at radius 1 is 1.38 bits per heavy atom. The van der Waals surface area contributed by atoms with E-state index in [1.807, 2.05) is 0 Å². The van der Waals surface area contributed by atoms with Gasteiger partial charge in [-0.1, -0.05) is 27.7 Å². The smallest absolute Gasteiger partial charge is 0.111 e. The normalized spacial score (nSPS) is 13.3. The van der Waals surface area contributed by atoms with Gasteiger partial charge in [-0.15, -0.1) is 0 Å². The van der Waals surface area contributed by atoms with Crippen molar-refractivity contribution in [1.82, 2.24) is 5.32 Å². The van der Waals surface area contributed by atoms with Gasteiger partial charge in [0.2, 0.25) is 0 Å². The van der Waals surface area contributed by atoms with Gasteiger partial charge in [0.25, 0.3) is 0 Å². The SMILES string of the molecule is CC(C)C(C)(C)CNCCCN=CN=CN. The van der Waals surface area contributed by atoms with Crippen molar-refractivity contribution in [1.29, 1.82) is 0 Å². The third kappa shape index (κ3) is 7.40. The highest BCUT2D eigenvalue weighted by Gasteiger charge is 2.21. The Hall–Kier alpha value is -0.900. The molecule has 0 aromatic rings. The molecule has 0 aromatic heterocycles. The van der Waals surface area contributed by atoms with Crippen LogP contribution in [-0.4, -0.2) is 32.3 Å². The molecule has 0 aliphatic heterocycles. The lowest BCUT2D eigenvalue weighted by atomic mass is 9.81. The van der Waals surface area contributed by atoms with Crippen LogP contribution < -0.4 is 11.1 Å². The minimum atomic E-state index is 0.354. The molecule has 0 aliphatic rings. The molecule has 0 bridgehead atoms. The second kappa shape index (κ2) is 8.28. The number of rotatable bonds is 8. The van der Waals surface area contributed by atoms with E-state index >= 15 is 0 Å². The number of nitrogens with zero attached hydrogens (tertiary/aromatic N) is 2. The highest BCUT2D eigenvalue weighted by Crippen LogP contribution is 2.24. The number of hydrogen-bond donors (Lipinski definition) is 2. The molecule has 0 amide bonds. The summed E-state index contributed by atoms with van der Waals surface area (Å²) in [6.07, 6.45) is 3.77. The van der Waals surface area contributed by atoms with Gasteiger partial charge in [0.1, 0.15) is 6.34 Å². The van der Waals surface area contributed by atoms with Gasteiger partial charge in [0.05, 0.1) is 6.34 Å². The molecule has 0 saturated carbocycles. The average molecular weight is 226 g/mol. The van der Waals surface area contributed by atoms with Crippen molar-refractivity contribution in [2.45, 2.75) is 34.1 Å². The van der Waals surface area contributed by atoms with E-state index in [4.69, 9.17) is 5.73 Å². The van der Waals surface area contributed by atoms with Crippen molar-refractivity contribution >= 4 is 12.7 Å². The summed E-state index contributed by atoms with van der Waals surface area (Å²) < 4.78 is 0. The zero-order valence-corrected chi connectivity index (χ0v) is 11.0. The van der Waals surface area contributed by atoms with Crippen LogP contribution in [0.15, 0.2) is 9.98 Å². The molecule has 0 radical (unpaired) electrons. The zero-order valence-electron chi connectivity index (χ0n) is 11.0. The first kappa shape index (κ1) is 15.1. The first-order chi connectivity index (χ1) is 7.50. The van der Waals surface area contributed by atoms with Crippen LogP contribution in [0.2, 0.25) is 0 Å². The quantitative estimate of drug-likeness (QED) is 0.375. The molecule has 0 aliphatic carbocycles. The molecule has 0 saturated heterocycles. The first-order valence-electron chi connectivity index (χ1n) is 5.93. The van der Waals surface area contributed by atoms with E-state index in [9.17, 15) is 0 Å². The predicted octanol–water partition coefficient (Wildman–Crippen LogP) is 1.66. The van der Waals surface area contributed by atoms with Gasteiger partial charge in [-0.3, -0.25) is 4.99 Å². The lowest BCUT2D eigenvalue weighted by Gasteiger charge is -2.29. The van der Waals surface area contributed by atoms with Crippen LogP contribution in [0.25, 0.3) is 0 Å². The second-order valence-electron chi connectivity index (χ2n) is 4.99. The molecule has 0 aromatic carbocycles. The number of aliphatic imine (C=N–C) groups is 2. The molecular formula is C12H26N4. The van der Waals surface area contributed by atoms with E-state index in [0.717, 1.165) is 26.1 Å². The minimum Gasteiger partial charge on any atom is -0.390 e. The molecule has 4 heteroatoms. The van der Waals surface area contributed by atoms with Gasteiger partial charge >= 0.3 is 0 Å². The van der Waals surface area contributed by atoms with Crippen LogP contribution in [0.4, 0.5) is 0 Å². The van der Waals surface area contributed by atoms with E-state index in [2.05, 4.69) is 43.0 Å². The van der Waals surface area contributed by atoms with Gasteiger partial charge in [-0.25, -0.2) is 4.99 Å². The molecule has 0 heterocycles. The summed E-state index contributed by atoms with van der Waals surface area (Å²) in [7, 11) is 0. The molecule has 0 fully saturated rings. The Bertz CT molecular complexity index is 219. The molecule has 16 heavy (non-hydrogen) atoms. The summed E-state index contributed by atoms with van der Waals surface area (Å²) >= 11 is 0. The zero-order chi connectivity index (χ0) is 12.4. The summed E-state index contributed by atoms with van der Waals surface area (Å²) in [6.45, 7) is 12.0. The monoisotopic (exact) mass is 226 g/mol. The fourth-order valence-corrected chi connectivity index (χ4v) is 1.05. The molecule has 94 valence electrons. The molecule has 4 nitrogen and oxygen atoms in total. The highest BCUT2D eigenvalue weighted by atomic mass is 14.9. The fraction of sp³-hybridized carbons (Fsp3) is 0.833. The molecule has 3 N–H and O–H groups in total. The van der Waals surface area contributed by atoms with Crippen LogP contribution in [0.3, 0.4) is 0 Å². The van der Waals surface area contributed by atoms with E-state index in [1.165, 1.54) is 12.7 Å². The van der Waals surface area contributed by atoms with Crippen molar-refractivity contribution in [3.8, 4) is 0 Å². The van der Waals surface area contributed by atoms with Crippen molar-refractivity contribution in [3.05, 3.63) is 0 Å². The van der Waals surface area contributed by atoms with Gasteiger partial charge in [-0.2, -0.15) is 0 Å². The number of nitrogens with two attached hydrogens (primary N) is 1. The first-order valence-corrected chi connectivity index (χ1v) is 5.93. The third-order valence-corrected chi connectivity index (χ3v) is 3.02. The Morgan fingerprint density at radius 2 is 2.06 bits per heavy atom. The van der Waals surface area contributed by atoms with Crippen LogP contribution in [0.5, 0.6) is 0 Å². The van der Waals surface area contributed by atoms with Crippen LogP contribution in [0, 0.1) is 11.3 Å². The van der Waals surface area contributed by atoms with Gasteiger partial charge in [0.15, 0.2) is 0 Å². The second-order valence-corrected chi connectivity index (χ2v) is 4.99. The molecule has 0 spiro atoms. The van der Waals surface area contributed by atoms with Crippen LogP contribution >= 0.6 is 0 Å². The molecule has 0 atom stereocenters. The Kier molecular flexibility index (Phi) is 7.81. The molecule has 0 rings (SSSR count). The van der Waals surface area contributed by atoms with Crippen LogP contribution in [-0.2, 0) is 0 Å². The van der Waals surface area contributed by atoms with E-state index in [-0.39, 0.29) is 0 Å². The summed E-state index contributed by atoms with van der Waals surface area (Å²) in [6, 6.07) is 0. The van der Waals surface area contributed by atoms with Crippen molar-refractivity contribution in [2.24, 2.45) is 27.1 Å². The van der Waals surface area contributed by atoms with Gasteiger partial charge < -0.3 is 11.1 Å². The summed E-state index contributed by atoms with van der Waals surface area (Å²) in [5, 5.41) is 3.46. The largest absolute Gasteiger partial charge is 0.390 e. The molecule has 0 unspecified atom stereocenters. The fourth-order valence-electron chi connectivity index (χ4n) is 1.05. The standard InChI is InChI=1S/C12H26N4/c1-11(2)12(3,4)8-14-6-5-7-15-10-16-9-13/h9-11,14H,5-8H2,1-4H3,(H2,13,15,16). The average Bonchev–Trinajstić information content (AvgIpc) is 2.21. The summed E-state index contributed by atoms with van der Waals surface area (Å²) in [4.78, 5) is 7.78. The summed E-state index contributed by atoms with van der Waals surface area (Å²) in [5.41, 5.74) is 5.43. The third-order valence-electron chi connectivity index (χ3n) is 3.02. The minimum absolute atomic E-state index is 0.354. The molecular weight excluding hydrogens is 200 g/mol. The van der Waals surface area contributed by atoms with E-state index < -0.39 is 0 Å². The maximum absolute atomic E-state index is 5.07. The Morgan fingerprint density at radius 3 is 2.62 bits per heavy atom. The topological polar surface area (TPSA) is 62.8 Å². The van der Waals surface area contributed by atoms with E-state index in [0.29, 0.717) is 11.3 Å². The number of nitrogens with one attached hydrogen (secondary N) is 1. The number of hydrogen-bond acceptors (Lipinski definition) is 2. The lowest BCUT2D eigenvalue weighted by molar-refractivity contribution is 0.238. The van der Waals surface area contributed by atoms with E-state index in [1.54, 1.807) is 0 Å². The summed E-state index contributed by atoms with van der Waals surface area (Å²) in [5.74, 6) is 0.692. The lowest BCUT2D eigenvalue weighted by Crippen LogP contribution is -2.34. The Labute approximate surface area is 99.4 Å². The van der Waals surface area contributed by atoms with Crippen molar-refractivity contribution in [2.75, 3.05) is 19.6 Å². The van der Waals surface area contributed by atoms with Crippen molar-refractivity contribution in [3.63, 3.8) is 0 Å². The van der Waals surface area contributed by atoms with Crippen LogP contribution in [0.1, 0.15) is 34.1 Å². The van der Waals surface area contributed by atoms with Crippen molar-refractivity contribution < 1.29 is 0 Å². The Balaban J connectivity index is 3.47. The van der Waals surface area contributed by atoms with Gasteiger partial charge in [0, 0.05) is 13.1 Å². The maximum atomic E-state index is 5.07.